The number of hydrogen-bond acceptors (Lipinski definition) is 4. The maximum atomic E-state index is 12.6. The number of rotatable bonds is 6. The van der Waals surface area contributed by atoms with E-state index in [1.54, 1.807) is 6.07 Å². The number of anilines is 2. The van der Waals surface area contributed by atoms with Gasteiger partial charge in [0.2, 0.25) is 0 Å². The molecule has 5 nitrogen and oxygen atoms in total. The summed E-state index contributed by atoms with van der Waals surface area (Å²) in [4.78, 5) is 21.3. The first kappa shape index (κ1) is 20.8. The van der Waals surface area contributed by atoms with Crippen molar-refractivity contribution < 1.29 is 4.79 Å². The standard InChI is InChI=1S/C25H21BrN4O/c1-17-4-2-5-19(12-17)23-14-24(29-16-28-23)30-22-7-3-6-20(13-22)25(31)27-15-18-8-10-21(26)11-9-18/h2-14,16H,15H2,1H3,(H,27,31)(H,28,29,30). The highest BCUT2D eigenvalue weighted by atomic mass is 79.9. The SMILES string of the molecule is Cc1cccc(-c2cc(Nc3cccc(C(=O)NCc4ccc(Br)cc4)c3)ncn2)c1. The molecule has 3 aromatic carbocycles. The van der Waals surface area contributed by atoms with Crippen LogP contribution >= 0.6 is 15.9 Å². The van der Waals surface area contributed by atoms with Crippen LogP contribution in [0.2, 0.25) is 0 Å². The number of nitrogens with one attached hydrogen (secondary N) is 2. The predicted octanol–water partition coefficient (Wildman–Crippen LogP) is 5.89. The molecule has 0 saturated carbocycles. The Labute approximate surface area is 189 Å². The molecule has 6 heteroatoms. The summed E-state index contributed by atoms with van der Waals surface area (Å²) < 4.78 is 1.01. The van der Waals surface area contributed by atoms with Crippen molar-refractivity contribution in [3.63, 3.8) is 0 Å². The van der Waals surface area contributed by atoms with Crippen LogP contribution in [-0.2, 0) is 6.54 Å². The lowest BCUT2D eigenvalue weighted by Crippen LogP contribution is -2.22. The van der Waals surface area contributed by atoms with E-state index in [4.69, 9.17) is 0 Å². The van der Waals surface area contributed by atoms with E-state index < -0.39 is 0 Å². The molecular weight excluding hydrogens is 452 g/mol. The Balaban J connectivity index is 1.45. The minimum Gasteiger partial charge on any atom is -0.348 e. The third-order valence-electron chi connectivity index (χ3n) is 4.74. The van der Waals surface area contributed by atoms with Gasteiger partial charge in [0.1, 0.15) is 12.1 Å². The summed E-state index contributed by atoms with van der Waals surface area (Å²) in [6.45, 7) is 2.52. The number of aryl methyl sites for hydroxylation is 1. The summed E-state index contributed by atoms with van der Waals surface area (Å²) in [7, 11) is 0. The van der Waals surface area contributed by atoms with Crippen LogP contribution in [0.15, 0.2) is 89.7 Å². The van der Waals surface area contributed by atoms with E-state index in [0.717, 1.165) is 27.0 Å². The van der Waals surface area contributed by atoms with Crippen LogP contribution in [0.1, 0.15) is 21.5 Å². The van der Waals surface area contributed by atoms with E-state index in [-0.39, 0.29) is 5.91 Å². The number of nitrogens with zero attached hydrogens (tertiary/aromatic N) is 2. The molecule has 0 saturated heterocycles. The summed E-state index contributed by atoms with van der Waals surface area (Å²) in [6, 6.07) is 25.3. The monoisotopic (exact) mass is 472 g/mol. The van der Waals surface area contributed by atoms with Gasteiger partial charge < -0.3 is 10.6 Å². The van der Waals surface area contributed by atoms with Crippen molar-refractivity contribution in [1.29, 1.82) is 0 Å². The lowest BCUT2D eigenvalue weighted by molar-refractivity contribution is 0.0951. The minimum atomic E-state index is -0.130. The first-order valence-corrected chi connectivity index (χ1v) is 10.6. The van der Waals surface area contributed by atoms with Gasteiger partial charge in [-0.05, 0) is 48.9 Å². The molecule has 4 rings (SSSR count). The van der Waals surface area contributed by atoms with Gasteiger partial charge in [-0.1, -0.05) is 57.9 Å². The lowest BCUT2D eigenvalue weighted by Gasteiger charge is -2.10. The number of carbonyl (C=O) groups excluding carboxylic acids is 1. The second kappa shape index (κ2) is 9.53. The van der Waals surface area contributed by atoms with Crippen LogP contribution in [0.5, 0.6) is 0 Å². The van der Waals surface area contributed by atoms with Crippen LogP contribution in [0, 0.1) is 6.92 Å². The van der Waals surface area contributed by atoms with Crippen molar-refractivity contribution in [2.75, 3.05) is 5.32 Å². The van der Waals surface area contributed by atoms with E-state index in [0.29, 0.717) is 17.9 Å². The van der Waals surface area contributed by atoms with Crippen LogP contribution in [0.25, 0.3) is 11.3 Å². The average Bonchev–Trinajstić information content (AvgIpc) is 2.79. The molecule has 0 aliphatic heterocycles. The van der Waals surface area contributed by atoms with E-state index in [9.17, 15) is 4.79 Å². The molecule has 0 aliphatic rings. The van der Waals surface area contributed by atoms with Gasteiger partial charge in [0.05, 0.1) is 5.69 Å². The smallest absolute Gasteiger partial charge is 0.251 e. The molecule has 0 radical (unpaired) electrons. The molecule has 0 spiro atoms. The summed E-state index contributed by atoms with van der Waals surface area (Å²) in [5, 5.41) is 6.22. The zero-order valence-corrected chi connectivity index (χ0v) is 18.6. The molecule has 0 fully saturated rings. The molecule has 2 N–H and O–H groups in total. The van der Waals surface area contributed by atoms with Gasteiger partial charge in [0.15, 0.2) is 0 Å². The van der Waals surface area contributed by atoms with Crippen molar-refractivity contribution in [3.05, 3.63) is 106 Å². The molecule has 31 heavy (non-hydrogen) atoms. The highest BCUT2D eigenvalue weighted by Crippen LogP contribution is 2.22. The Morgan fingerprint density at radius 3 is 2.55 bits per heavy atom. The van der Waals surface area contributed by atoms with Crippen molar-refractivity contribution in [3.8, 4) is 11.3 Å². The molecule has 0 atom stereocenters. The zero-order valence-electron chi connectivity index (χ0n) is 17.0. The maximum Gasteiger partial charge on any atom is 0.251 e. The van der Waals surface area contributed by atoms with Gasteiger partial charge in [0.25, 0.3) is 5.91 Å². The number of hydrogen-bond donors (Lipinski definition) is 2. The van der Waals surface area contributed by atoms with Gasteiger partial charge in [0, 0.05) is 33.9 Å². The number of benzene rings is 3. The van der Waals surface area contributed by atoms with Gasteiger partial charge in [-0.15, -0.1) is 0 Å². The Kier molecular flexibility index (Phi) is 6.38. The van der Waals surface area contributed by atoms with Crippen molar-refractivity contribution in [2.45, 2.75) is 13.5 Å². The molecule has 1 heterocycles. The highest BCUT2D eigenvalue weighted by molar-refractivity contribution is 9.10. The van der Waals surface area contributed by atoms with E-state index >= 15 is 0 Å². The molecule has 4 aromatic rings. The fourth-order valence-electron chi connectivity index (χ4n) is 3.16. The van der Waals surface area contributed by atoms with E-state index in [1.165, 1.54) is 11.9 Å². The van der Waals surface area contributed by atoms with Gasteiger partial charge in [-0.3, -0.25) is 4.79 Å². The molecule has 0 bridgehead atoms. The van der Waals surface area contributed by atoms with Crippen LogP contribution in [-0.4, -0.2) is 15.9 Å². The van der Waals surface area contributed by atoms with Gasteiger partial charge in [-0.2, -0.15) is 0 Å². The van der Waals surface area contributed by atoms with Crippen molar-refractivity contribution >= 4 is 33.3 Å². The molecule has 154 valence electrons. The predicted molar refractivity (Wildman–Crippen MR) is 127 cm³/mol. The first-order chi connectivity index (χ1) is 15.1. The van der Waals surface area contributed by atoms with Crippen LogP contribution in [0.3, 0.4) is 0 Å². The second-order valence-electron chi connectivity index (χ2n) is 7.17. The Hall–Kier alpha value is -3.51. The molecule has 0 aliphatic carbocycles. The third kappa shape index (κ3) is 5.55. The molecule has 1 aromatic heterocycles. The highest BCUT2D eigenvalue weighted by Gasteiger charge is 2.08. The number of amides is 1. The average molecular weight is 473 g/mol. The first-order valence-electron chi connectivity index (χ1n) is 9.86. The number of carbonyl (C=O) groups is 1. The van der Waals surface area contributed by atoms with Crippen molar-refractivity contribution in [2.24, 2.45) is 0 Å². The summed E-state index contributed by atoms with van der Waals surface area (Å²) in [5.74, 6) is 0.536. The largest absolute Gasteiger partial charge is 0.348 e. The summed E-state index contributed by atoms with van der Waals surface area (Å²) >= 11 is 3.41. The van der Waals surface area contributed by atoms with Gasteiger partial charge >= 0.3 is 0 Å². The quantitative estimate of drug-likeness (QED) is 0.367. The Bertz CT molecular complexity index is 1210. The topological polar surface area (TPSA) is 66.9 Å². The summed E-state index contributed by atoms with van der Waals surface area (Å²) in [6.07, 6.45) is 1.54. The van der Waals surface area contributed by atoms with Crippen LogP contribution < -0.4 is 10.6 Å². The Morgan fingerprint density at radius 2 is 1.74 bits per heavy atom. The van der Waals surface area contributed by atoms with Crippen LogP contribution in [0.4, 0.5) is 11.5 Å². The van der Waals surface area contributed by atoms with E-state index in [1.807, 2.05) is 60.7 Å². The minimum absolute atomic E-state index is 0.130. The maximum absolute atomic E-state index is 12.6. The normalized spacial score (nSPS) is 10.5. The number of halogens is 1. The molecule has 0 unspecified atom stereocenters. The van der Waals surface area contributed by atoms with Crippen molar-refractivity contribution in [1.82, 2.24) is 15.3 Å². The fraction of sp³-hybridized carbons (Fsp3) is 0.0800. The third-order valence-corrected chi connectivity index (χ3v) is 5.27. The Morgan fingerprint density at radius 1 is 0.935 bits per heavy atom. The summed E-state index contributed by atoms with van der Waals surface area (Å²) in [5.41, 5.74) is 5.44. The molecule has 1 amide bonds. The van der Waals surface area contributed by atoms with Gasteiger partial charge in [-0.25, -0.2) is 9.97 Å². The fourth-order valence-corrected chi connectivity index (χ4v) is 3.42. The lowest BCUT2D eigenvalue weighted by atomic mass is 10.1. The zero-order chi connectivity index (χ0) is 21.6. The number of aromatic nitrogens is 2. The second-order valence-corrected chi connectivity index (χ2v) is 8.09. The molecular formula is C25H21BrN4O. The van der Waals surface area contributed by atoms with E-state index in [2.05, 4.69) is 55.6 Å².